The zero-order valence-electron chi connectivity index (χ0n) is 9.35. The van der Waals surface area contributed by atoms with Crippen molar-refractivity contribution in [1.82, 2.24) is 9.97 Å². The highest BCUT2D eigenvalue weighted by atomic mass is 79.9. The Hall–Kier alpha value is -1.46. The van der Waals surface area contributed by atoms with Crippen LogP contribution in [0.3, 0.4) is 0 Å². The van der Waals surface area contributed by atoms with E-state index in [0.717, 1.165) is 4.47 Å². The van der Waals surface area contributed by atoms with E-state index >= 15 is 0 Å². The minimum absolute atomic E-state index is 0.139. The molecular formula is C12H8BrClN2O2. The summed E-state index contributed by atoms with van der Waals surface area (Å²) in [6.45, 7) is 0. The Kier molecular flexibility index (Phi) is 3.93. The number of ketones is 1. The van der Waals surface area contributed by atoms with Crippen LogP contribution in [-0.2, 0) is 0 Å². The van der Waals surface area contributed by atoms with Crippen LogP contribution in [-0.4, -0.2) is 22.9 Å². The topological polar surface area (TPSA) is 52.1 Å². The van der Waals surface area contributed by atoms with Gasteiger partial charge in [-0.05, 0) is 18.2 Å². The summed E-state index contributed by atoms with van der Waals surface area (Å²) in [6, 6.07) is 5.04. The van der Waals surface area contributed by atoms with E-state index in [4.69, 9.17) is 16.3 Å². The summed E-state index contributed by atoms with van der Waals surface area (Å²) >= 11 is 9.30. The molecule has 92 valence electrons. The molecule has 0 saturated carbocycles. The van der Waals surface area contributed by atoms with Crippen molar-refractivity contribution < 1.29 is 9.53 Å². The number of aromatic nitrogens is 2. The Morgan fingerprint density at radius 2 is 2.06 bits per heavy atom. The lowest BCUT2D eigenvalue weighted by atomic mass is 10.1. The lowest BCUT2D eigenvalue weighted by Gasteiger charge is -2.06. The van der Waals surface area contributed by atoms with Gasteiger partial charge in [0.25, 0.3) is 0 Å². The minimum Gasteiger partial charge on any atom is -0.479 e. The van der Waals surface area contributed by atoms with Gasteiger partial charge in [-0.1, -0.05) is 27.5 Å². The van der Waals surface area contributed by atoms with Gasteiger partial charge in [-0.25, -0.2) is 9.97 Å². The quantitative estimate of drug-likeness (QED) is 0.813. The van der Waals surface area contributed by atoms with Crippen LogP contribution in [0.25, 0.3) is 0 Å². The Balaban J connectivity index is 2.51. The fraction of sp³-hybridized carbons (Fsp3) is 0.0833. The number of carbonyl (C=O) groups is 1. The lowest BCUT2D eigenvalue weighted by molar-refractivity contribution is 0.103. The smallest absolute Gasteiger partial charge is 0.243 e. The summed E-state index contributed by atoms with van der Waals surface area (Å²) in [6.07, 6.45) is 2.89. The predicted molar refractivity (Wildman–Crippen MR) is 71.2 cm³/mol. The number of nitrogens with zero attached hydrogens (tertiary/aromatic N) is 2. The Labute approximate surface area is 117 Å². The average Bonchev–Trinajstić information content (AvgIpc) is 2.40. The van der Waals surface area contributed by atoms with Crippen LogP contribution in [0.2, 0.25) is 5.02 Å². The van der Waals surface area contributed by atoms with E-state index in [1.165, 1.54) is 19.5 Å². The van der Waals surface area contributed by atoms with Gasteiger partial charge < -0.3 is 4.74 Å². The number of benzene rings is 1. The maximum atomic E-state index is 12.3. The summed E-state index contributed by atoms with van der Waals surface area (Å²) < 4.78 is 5.77. The average molecular weight is 328 g/mol. The van der Waals surface area contributed by atoms with Crippen molar-refractivity contribution in [3.05, 3.63) is 51.3 Å². The molecule has 0 aliphatic heterocycles. The molecule has 0 radical (unpaired) electrons. The number of hydrogen-bond donors (Lipinski definition) is 0. The van der Waals surface area contributed by atoms with E-state index in [1.807, 2.05) is 0 Å². The van der Waals surface area contributed by atoms with Crippen LogP contribution in [0.1, 0.15) is 16.1 Å². The second-order valence-corrected chi connectivity index (χ2v) is 4.69. The van der Waals surface area contributed by atoms with Crippen molar-refractivity contribution in [3.63, 3.8) is 0 Å². The molecular weight excluding hydrogens is 320 g/mol. The molecule has 0 saturated heterocycles. The van der Waals surface area contributed by atoms with E-state index < -0.39 is 0 Å². The molecule has 2 rings (SSSR count). The van der Waals surface area contributed by atoms with Gasteiger partial charge in [-0.2, -0.15) is 0 Å². The lowest BCUT2D eigenvalue weighted by Crippen LogP contribution is -2.08. The third-order valence-corrected chi connectivity index (χ3v) is 3.07. The second-order valence-electron chi connectivity index (χ2n) is 3.37. The first-order valence-electron chi connectivity index (χ1n) is 4.98. The largest absolute Gasteiger partial charge is 0.479 e. The fourth-order valence-corrected chi connectivity index (χ4v) is 1.99. The highest BCUT2D eigenvalue weighted by Crippen LogP contribution is 2.25. The number of halogens is 2. The normalized spacial score (nSPS) is 10.2. The van der Waals surface area contributed by atoms with Crippen molar-refractivity contribution >= 4 is 33.3 Å². The Bertz CT molecular complexity index is 604. The van der Waals surface area contributed by atoms with Gasteiger partial charge in [0.1, 0.15) is 0 Å². The van der Waals surface area contributed by atoms with E-state index in [9.17, 15) is 4.79 Å². The molecule has 0 unspecified atom stereocenters. The maximum Gasteiger partial charge on any atom is 0.243 e. The Morgan fingerprint density at radius 1 is 1.33 bits per heavy atom. The van der Waals surface area contributed by atoms with Crippen molar-refractivity contribution in [2.45, 2.75) is 0 Å². The fourth-order valence-electron chi connectivity index (χ4n) is 1.43. The number of hydrogen-bond acceptors (Lipinski definition) is 4. The SMILES string of the molecule is COc1nccnc1C(=O)c1cc(Br)ccc1Cl. The molecule has 6 heteroatoms. The van der Waals surface area contributed by atoms with Crippen LogP contribution in [0.5, 0.6) is 5.88 Å². The predicted octanol–water partition coefficient (Wildman–Crippen LogP) is 3.13. The van der Waals surface area contributed by atoms with E-state index in [1.54, 1.807) is 18.2 Å². The highest BCUT2D eigenvalue weighted by molar-refractivity contribution is 9.10. The minimum atomic E-state index is -0.328. The third-order valence-electron chi connectivity index (χ3n) is 2.25. The molecule has 0 fully saturated rings. The van der Waals surface area contributed by atoms with Crippen molar-refractivity contribution in [2.75, 3.05) is 7.11 Å². The van der Waals surface area contributed by atoms with Gasteiger partial charge in [-0.15, -0.1) is 0 Å². The van der Waals surface area contributed by atoms with Crippen LogP contribution < -0.4 is 4.74 Å². The van der Waals surface area contributed by atoms with Gasteiger partial charge in [0.2, 0.25) is 11.7 Å². The standard InChI is InChI=1S/C12H8BrClN2O2/c1-18-12-10(15-4-5-16-12)11(17)8-6-7(13)2-3-9(8)14/h2-6H,1H3. The first-order valence-corrected chi connectivity index (χ1v) is 6.15. The van der Waals surface area contributed by atoms with Crippen molar-refractivity contribution in [3.8, 4) is 5.88 Å². The molecule has 1 aromatic carbocycles. The zero-order valence-corrected chi connectivity index (χ0v) is 11.7. The van der Waals surface area contributed by atoms with Crippen molar-refractivity contribution in [1.29, 1.82) is 0 Å². The van der Waals surface area contributed by atoms with Crippen LogP contribution >= 0.6 is 27.5 Å². The Morgan fingerprint density at radius 3 is 2.78 bits per heavy atom. The molecule has 0 aliphatic rings. The maximum absolute atomic E-state index is 12.3. The molecule has 0 amide bonds. The summed E-state index contributed by atoms with van der Waals surface area (Å²) in [5, 5.41) is 0.357. The molecule has 0 bridgehead atoms. The second kappa shape index (κ2) is 5.46. The van der Waals surface area contributed by atoms with Gasteiger partial charge in [0.05, 0.1) is 12.1 Å². The summed E-state index contributed by atoms with van der Waals surface area (Å²) in [5.74, 6) is -0.148. The molecule has 4 nitrogen and oxygen atoms in total. The molecule has 1 heterocycles. The van der Waals surface area contributed by atoms with Crippen LogP contribution in [0.15, 0.2) is 35.1 Å². The molecule has 18 heavy (non-hydrogen) atoms. The number of rotatable bonds is 3. The molecule has 0 atom stereocenters. The van der Waals surface area contributed by atoms with E-state index in [0.29, 0.717) is 10.6 Å². The van der Waals surface area contributed by atoms with Gasteiger partial charge in [-0.3, -0.25) is 4.79 Å². The zero-order chi connectivity index (χ0) is 13.1. The molecule has 1 aromatic heterocycles. The number of methoxy groups -OCH3 is 1. The molecule has 0 spiro atoms. The summed E-state index contributed by atoms with van der Waals surface area (Å²) in [7, 11) is 1.43. The van der Waals surface area contributed by atoms with E-state index in [-0.39, 0.29) is 17.4 Å². The van der Waals surface area contributed by atoms with Crippen molar-refractivity contribution in [2.24, 2.45) is 0 Å². The first kappa shape index (κ1) is 13.0. The van der Waals surface area contributed by atoms with Gasteiger partial charge in [0.15, 0.2) is 5.69 Å². The number of ether oxygens (including phenoxy) is 1. The summed E-state index contributed by atoms with van der Waals surface area (Å²) in [4.78, 5) is 20.2. The highest BCUT2D eigenvalue weighted by Gasteiger charge is 2.19. The van der Waals surface area contributed by atoms with E-state index in [2.05, 4.69) is 25.9 Å². The number of carbonyl (C=O) groups excluding carboxylic acids is 1. The molecule has 0 aliphatic carbocycles. The van der Waals surface area contributed by atoms with Crippen LogP contribution in [0, 0.1) is 0 Å². The van der Waals surface area contributed by atoms with Gasteiger partial charge in [0, 0.05) is 22.4 Å². The first-order chi connectivity index (χ1) is 8.63. The molecule has 2 aromatic rings. The third kappa shape index (κ3) is 2.52. The van der Waals surface area contributed by atoms with Crippen LogP contribution in [0.4, 0.5) is 0 Å². The monoisotopic (exact) mass is 326 g/mol. The molecule has 0 N–H and O–H groups in total. The summed E-state index contributed by atoms with van der Waals surface area (Å²) in [5.41, 5.74) is 0.491. The van der Waals surface area contributed by atoms with Gasteiger partial charge >= 0.3 is 0 Å².